The molecule has 1 aromatic heterocycles. The molecule has 3 aromatic rings. The van der Waals surface area contributed by atoms with Gasteiger partial charge in [-0.15, -0.1) is 0 Å². The first kappa shape index (κ1) is 14.2. The number of rotatable bonds is 2. The summed E-state index contributed by atoms with van der Waals surface area (Å²) in [4.78, 5) is 2.52. The Bertz CT molecular complexity index is 836. The van der Waals surface area contributed by atoms with Crippen LogP contribution < -0.4 is 5.32 Å². The highest BCUT2D eigenvalue weighted by atomic mass is 35.5. The highest BCUT2D eigenvalue weighted by Crippen LogP contribution is 2.37. The first-order valence-electron chi connectivity index (χ1n) is 7.47. The molecule has 4 rings (SSSR count). The third-order valence-corrected chi connectivity index (χ3v) is 5.60. The van der Waals surface area contributed by atoms with Gasteiger partial charge in [0.25, 0.3) is 0 Å². The van der Waals surface area contributed by atoms with E-state index >= 15 is 0 Å². The van der Waals surface area contributed by atoms with Gasteiger partial charge in [-0.05, 0) is 35.9 Å². The van der Waals surface area contributed by atoms with Gasteiger partial charge in [-0.25, -0.2) is 0 Å². The van der Waals surface area contributed by atoms with Crippen LogP contribution in [0.15, 0.2) is 52.3 Å². The molecule has 0 saturated heterocycles. The van der Waals surface area contributed by atoms with Crippen molar-refractivity contribution in [2.75, 3.05) is 6.54 Å². The molecule has 4 heteroatoms. The Kier molecular flexibility index (Phi) is 3.65. The minimum Gasteiger partial charge on any atom is -0.346 e. The van der Waals surface area contributed by atoms with Crippen molar-refractivity contribution < 1.29 is 0 Å². The third-order valence-electron chi connectivity index (χ3n) is 4.29. The van der Waals surface area contributed by atoms with Crippen molar-refractivity contribution in [1.82, 2.24) is 9.88 Å². The summed E-state index contributed by atoms with van der Waals surface area (Å²) in [7, 11) is 2.19. The fourth-order valence-corrected chi connectivity index (χ4v) is 4.39. The summed E-state index contributed by atoms with van der Waals surface area (Å²) in [6.07, 6.45) is 1.10. The average Bonchev–Trinajstić information content (AvgIpc) is 2.84. The number of para-hydroxylation sites is 1. The smallest absolute Gasteiger partial charge is 0.0625 e. The van der Waals surface area contributed by atoms with E-state index in [1.165, 1.54) is 32.0 Å². The van der Waals surface area contributed by atoms with Crippen LogP contribution in [0.5, 0.6) is 0 Å². The van der Waals surface area contributed by atoms with E-state index in [2.05, 4.69) is 47.3 Å². The molecule has 1 aliphatic heterocycles. The van der Waals surface area contributed by atoms with Gasteiger partial charge >= 0.3 is 0 Å². The largest absolute Gasteiger partial charge is 0.346 e. The minimum absolute atomic E-state index is 0.781. The highest BCUT2D eigenvalue weighted by Gasteiger charge is 2.19. The quantitative estimate of drug-likeness (QED) is 0.738. The molecule has 112 valence electrons. The lowest BCUT2D eigenvalue weighted by Crippen LogP contribution is -2.24. The van der Waals surface area contributed by atoms with Crippen LogP contribution in [-0.2, 0) is 20.0 Å². The van der Waals surface area contributed by atoms with Crippen LogP contribution in [0.4, 0.5) is 0 Å². The lowest BCUT2D eigenvalue weighted by atomic mass is 10.1. The van der Waals surface area contributed by atoms with Crippen molar-refractivity contribution in [3.05, 3.63) is 58.7 Å². The van der Waals surface area contributed by atoms with Gasteiger partial charge in [-0.3, -0.25) is 0 Å². The number of benzene rings is 2. The van der Waals surface area contributed by atoms with Crippen molar-refractivity contribution in [2.45, 2.75) is 22.8 Å². The molecule has 1 N–H and O–H groups in total. The summed E-state index contributed by atoms with van der Waals surface area (Å²) in [6.45, 7) is 2.04. The summed E-state index contributed by atoms with van der Waals surface area (Å²) in [5.74, 6) is 0. The lowest BCUT2D eigenvalue weighted by Gasteiger charge is -2.14. The van der Waals surface area contributed by atoms with Crippen molar-refractivity contribution in [1.29, 1.82) is 0 Å². The molecule has 2 heterocycles. The average molecular weight is 329 g/mol. The Balaban J connectivity index is 1.84. The van der Waals surface area contributed by atoms with Gasteiger partial charge < -0.3 is 9.88 Å². The zero-order valence-corrected chi connectivity index (χ0v) is 14.0. The fourth-order valence-electron chi connectivity index (χ4n) is 3.25. The molecule has 0 unspecified atom stereocenters. The van der Waals surface area contributed by atoms with Gasteiger partial charge in [0, 0.05) is 52.5 Å². The van der Waals surface area contributed by atoms with Crippen molar-refractivity contribution >= 4 is 34.3 Å². The van der Waals surface area contributed by atoms with Gasteiger partial charge in [-0.1, -0.05) is 35.5 Å². The zero-order valence-electron chi connectivity index (χ0n) is 12.4. The van der Waals surface area contributed by atoms with Crippen LogP contribution in [0.1, 0.15) is 11.3 Å². The Morgan fingerprint density at radius 2 is 1.95 bits per heavy atom. The number of nitrogens with one attached hydrogen (secondary N) is 1. The van der Waals surface area contributed by atoms with Gasteiger partial charge in [0.2, 0.25) is 0 Å². The van der Waals surface area contributed by atoms with Crippen LogP contribution in [-0.4, -0.2) is 11.1 Å². The molecule has 0 bridgehead atoms. The number of aromatic nitrogens is 1. The number of aryl methyl sites for hydroxylation is 1. The van der Waals surface area contributed by atoms with Gasteiger partial charge in [0.1, 0.15) is 0 Å². The first-order valence-corrected chi connectivity index (χ1v) is 8.67. The molecular weight excluding hydrogens is 312 g/mol. The maximum absolute atomic E-state index is 5.98. The molecule has 1 aliphatic rings. The monoisotopic (exact) mass is 328 g/mol. The zero-order chi connectivity index (χ0) is 15.1. The van der Waals surface area contributed by atoms with E-state index in [-0.39, 0.29) is 0 Å². The molecule has 0 saturated carbocycles. The lowest BCUT2D eigenvalue weighted by molar-refractivity contribution is 0.622. The Hall–Kier alpha value is -1.42. The second kappa shape index (κ2) is 5.65. The van der Waals surface area contributed by atoms with Crippen LogP contribution in [0, 0.1) is 0 Å². The predicted molar refractivity (Wildman–Crippen MR) is 93.9 cm³/mol. The van der Waals surface area contributed by atoms with Crippen molar-refractivity contribution in [3.63, 3.8) is 0 Å². The molecule has 2 nitrogen and oxygen atoms in total. The fraction of sp³-hybridized carbons (Fsp3) is 0.222. The summed E-state index contributed by atoms with van der Waals surface area (Å²) in [6, 6.07) is 14.7. The van der Waals surface area contributed by atoms with Crippen LogP contribution in [0.2, 0.25) is 5.02 Å². The molecule has 0 spiro atoms. The number of nitrogens with zero attached hydrogens (tertiary/aromatic N) is 1. The molecule has 0 atom stereocenters. The van der Waals surface area contributed by atoms with E-state index in [0.717, 1.165) is 24.5 Å². The van der Waals surface area contributed by atoms with Crippen LogP contribution in [0.25, 0.3) is 10.9 Å². The standard InChI is InChI=1S/C18H17ClN2S/c1-21-16-9-10-20-11-15(16)14-3-2-4-17(18(14)21)22-13-7-5-12(19)6-8-13/h2-8,20H,9-11H2,1H3. The molecule has 0 radical (unpaired) electrons. The highest BCUT2D eigenvalue weighted by molar-refractivity contribution is 7.99. The summed E-state index contributed by atoms with van der Waals surface area (Å²) in [5.41, 5.74) is 4.27. The SMILES string of the molecule is Cn1c2c(c3cccc(Sc4ccc(Cl)cc4)c31)CNCC2. The van der Waals surface area contributed by atoms with Crippen molar-refractivity contribution in [2.24, 2.45) is 7.05 Å². The molecular formula is C18H17ClN2S. The maximum atomic E-state index is 5.98. The normalized spacial score (nSPS) is 14.3. The molecule has 0 aliphatic carbocycles. The number of hydrogen-bond donors (Lipinski definition) is 1. The number of hydrogen-bond acceptors (Lipinski definition) is 2. The maximum Gasteiger partial charge on any atom is 0.0625 e. The van der Waals surface area contributed by atoms with Crippen LogP contribution >= 0.6 is 23.4 Å². The Labute approximate surface area is 139 Å². The van der Waals surface area contributed by atoms with Gasteiger partial charge in [0.15, 0.2) is 0 Å². The molecule has 0 fully saturated rings. The third kappa shape index (κ3) is 2.34. The first-order chi connectivity index (χ1) is 10.7. The van der Waals surface area contributed by atoms with E-state index in [1.807, 2.05) is 12.1 Å². The summed E-state index contributed by atoms with van der Waals surface area (Å²) >= 11 is 7.79. The van der Waals surface area contributed by atoms with Crippen molar-refractivity contribution in [3.8, 4) is 0 Å². The van der Waals surface area contributed by atoms with E-state index in [1.54, 1.807) is 11.8 Å². The minimum atomic E-state index is 0.781. The van der Waals surface area contributed by atoms with E-state index in [0.29, 0.717) is 0 Å². The second-order valence-corrected chi connectivity index (χ2v) is 7.17. The summed E-state index contributed by atoms with van der Waals surface area (Å²) in [5, 5.41) is 5.65. The Morgan fingerprint density at radius 1 is 1.14 bits per heavy atom. The van der Waals surface area contributed by atoms with E-state index < -0.39 is 0 Å². The summed E-state index contributed by atoms with van der Waals surface area (Å²) < 4.78 is 2.38. The number of fused-ring (bicyclic) bond motifs is 3. The van der Waals surface area contributed by atoms with Gasteiger partial charge in [0.05, 0.1) is 5.52 Å². The van der Waals surface area contributed by atoms with E-state index in [4.69, 9.17) is 11.6 Å². The van der Waals surface area contributed by atoms with Crippen LogP contribution in [0.3, 0.4) is 0 Å². The van der Waals surface area contributed by atoms with Gasteiger partial charge in [-0.2, -0.15) is 0 Å². The predicted octanol–water partition coefficient (Wildman–Crippen LogP) is 4.63. The molecule has 0 amide bonds. The topological polar surface area (TPSA) is 17.0 Å². The van der Waals surface area contributed by atoms with E-state index in [9.17, 15) is 0 Å². The Morgan fingerprint density at radius 3 is 2.77 bits per heavy atom. The molecule has 22 heavy (non-hydrogen) atoms. The number of halogens is 1. The second-order valence-electron chi connectivity index (χ2n) is 5.62. The molecule has 2 aromatic carbocycles.